The van der Waals surface area contributed by atoms with Gasteiger partial charge in [0.2, 0.25) is 0 Å². The SMILES string of the molecule is Cc1ccc(Cl)cc1NC(=O)C(=O)NC[C@H](c1cccc2ccccc12)N1CCOCC1. The molecule has 1 heterocycles. The topological polar surface area (TPSA) is 70.7 Å². The number of fused-ring (bicyclic) bond motifs is 1. The first-order valence-electron chi connectivity index (χ1n) is 10.7. The minimum atomic E-state index is -0.714. The van der Waals surface area contributed by atoms with Crippen LogP contribution in [0.2, 0.25) is 5.02 Å². The van der Waals surface area contributed by atoms with Gasteiger partial charge in [-0.1, -0.05) is 60.1 Å². The van der Waals surface area contributed by atoms with Gasteiger partial charge in [-0.2, -0.15) is 0 Å². The highest BCUT2D eigenvalue weighted by Gasteiger charge is 2.26. The number of amides is 2. The van der Waals surface area contributed by atoms with Crippen LogP contribution in [0.1, 0.15) is 17.2 Å². The first kappa shape index (κ1) is 22.3. The average Bonchev–Trinajstić information content (AvgIpc) is 2.82. The minimum Gasteiger partial charge on any atom is -0.379 e. The van der Waals surface area contributed by atoms with Gasteiger partial charge in [0.05, 0.1) is 19.3 Å². The number of hydrogen-bond acceptors (Lipinski definition) is 4. The monoisotopic (exact) mass is 451 g/mol. The molecular formula is C25H26ClN3O3. The molecule has 1 aliphatic heterocycles. The maximum Gasteiger partial charge on any atom is 0.313 e. The molecule has 3 aromatic carbocycles. The van der Waals surface area contributed by atoms with Crippen LogP contribution in [0, 0.1) is 6.92 Å². The zero-order valence-electron chi connectivity index (χ0n) is 17.9. The molecule has 0 saturated carbocycles. The van der Waals surface area contributed by atoms with Crippen molar-refractivity contribution in [2.24, 2.45) is 0 Å². The van der Waals surface area contributed by atoms with Crippen molar-refractivity contribution in [2.75, 3.05) is 38.2 Å². The number of rotatable bonds is 5. The van der Waals surface area contributed by atoms with E-state index in [1.807, 2.05) is 25.1 Å². The van der Waals surface area contributed by atoms with Crippen molar-refractivity contribution in [3.63, 3.8) is 0 Å². The molecule has 3 aromatic rings. The molecule has 0 aliphatic carbocycles. The van der Waals surface area contributed by atoms with Crippen LogP contribution in [0.5, 0.6) is 0 Å². The fourth-order valence-electron chi connectivity index (χ4n) is 4.04. The number of carbonyl (C=O) groups is 2. The van der Waals surface area contributed by atoms with Gasteiger partial charge in [-0.15, -0.1) is 0 Å². The van der Waals surface area contributed by atoms with E-state index in [1.165, 1.54) is 0 Å². The summed E-state index contributed by atoms with van der Waals surface area (Å²) in [6, 6.07) is 19.5. The number of halogens is 1. The van der Waals surface area contributed by atoms with Crippen LogP contribution in [-0.2, 0) is 14.3 Å². The molecule has 6 nitrogen and oxygen atoms in total. The summed E-state index contributed by atoms with van der Waals surface area (Å²) in [7, 11) is 0. The van der Waals surface area contributed by atoms with Crippen molar-refractivity contribution >= 4 is 39.9 Å². The molecule has 1 aliphatic rings. The molecule has 4 rings (SSSR count). The summed E-state index contributed by atoms with van der Waals surface area (Å²) in [6.07, 6.45) is 0. The molecule has 0 radical (unpaired) electrons. The summed E-state index contributed by atoms with van der Waals surface area (Å²) in [6.45, 7) is 4.97. The Morgan fingerprint density at radius 2 is 1.78 bits per heavy atom. The van der Waals surface area contributed by atoms with E-state index in [1.54, 1.807) is 18.2 Å². The molecular weight excluding hydrogens is 426 g/mol. The van der Waals surface area contributed by atoms with E-state index in [0.717, 1.165) is 35.0 Å². The fourth-order valence-corrected chi connectivity index (χ4v) is 4.22. The maximum atomic E-state index is 12.6. The highest BCUT2D eigenvalue weighted by molar-refractivity contribution is 6.40. The predicted molar refractivity (Wildman–Crippen MR) is 127 cm³/mol. The third-order valence-electron chi connectivity index (χ3n) is 5.78. The first-order valence-corrected chi connectivity index (χ1v) is 11.1. The van der Waals surface area contributed by atoms with Gasteiger partial charge in [-0.3, -0.25) is 14.5 Å². The fraction of sp³-hybridized carbons (Fsp3) is 0.280. The second kappa shape index (κ2) is 10.1. The number of morpholine rings is 1. The van der Waals surface area contributed by atoms with Gasteiger partial charge in [-0.25, -0.2) is 0 Å². The molecule has 2 amide bonds. The summed E-state index contributed by atoms with van der Waals surface area (Å²) in [5, 5.41) is 8.26. The van der Waals surface area contributed by atoms with Gasteiger partial charge in [-0.05, 0) is 41.0 Å². The lowest BCUT2D eigenvalue weighted by Gasteiger charge is -2.35. The Morgan fingerprint density at radius 3 is 2.59 bits per heavy atom. The number of benzene rings is 3. The number of anilines is 1. The van der Waals surface area contributed by atoms with Gasteiger partial charge in [0.15, 0.2) is 0 Å². The van der Waals surface area contributed by atoms with Crippen molar-refractivity contribution < 1.29 is 14.3 Å². The number of nitrogens with one attached hydrogen (secondary N) is 2. The minimum absolute atomic E-state index is 0.0744. The third kappa shape index (κ3) is 5.10. The zero-order chi connectivity index (χ0) is 22.5. The van der Waals surface area contributed by atoms with Gasteiger partial charge < -0.3 is 15.4 Å². The molecule has 0 aromatic heterocycles. The standard InChI is InChI=1S/C25H26ClN3O3/c1-17-9-10-19(26)15-22(17)28-25(31)24(30)27-16-23(29-11-13-32-14-12-29)21-8-4-6-18-5-2-3-7-20(18)21/h2-10,15,23H,11-14,16H2,1H3,(H,27,30)(H,28,31)/t23-/m1/s1. The van der Waals surface area contributed by atoms with Crippen molar-refractivity contribution in [3.05, 3.63) is 76.8 Å². The normalized spacial score (nSPS) is 15.3. The van der Waals surface area contributed by atoms with Crippen molar-refractivity contribution in [2.45, 2.75) is 13.0 Å². The summed E-state index contributed by atoms with van der Waals surface area (Å²) >= 11 is 6.02. The zero-order valence-corrected chi connectivity index (χ0v) is 18.7. The molecule has 1 fully saturated rings. The summed E-state index contributed by atoms with van der Waals surface area (Å²) in [4.78, 5) is 27.4. The van der Waals surface area contributed by atoms with Crippen molar-refractivity contribution in [3.8, 4) is 0 Å². The van der Waals surface area contributed by atoms with Crippen molar-refractivity contribution in [1.82, 2.24) is 10.2 Å². The number of carbonyl (C=O) groups excluding carboxylic acids is 2. The van der Waals surface area contributed by atoms with Crippen LogP contribution in [0.4, 0.5) is 5.69 Å². The van der Waals surface area contributed by atoms with Gasteiger partial charge in [0, 0.05) is 30.3 Å². The Hall–Kier alpha value is -2.93. The lowest BCUT2D eigenvalue weighted by molar-refractivity contribution is -0.136. The predicted octanol–water partition coefficient (Wildman–Crippen LogP) is 3.93. The van der Waals surface area contributed by atoms with Crippen molar-refractivity contribution in [1.29, 1.82) is 0 Å². The molecule has 0 bridgehead atoms. The summed E-state index contributed by atoms with van der Waals surface area (Å²) in [5.74, 6) is -1.39. The van der Waals surface area contributed by atoms with Crippen LogP contribution in [0.25, 0.3) is 10.8 Å². The van der Waals surface area contributed by atoms with Crippen LogP contribution >= 0.6 is 11.6 Å². The number of hydrogen-bond donors (Lipinski definition) is 2. The quantitative estimate of drug-likeness (QED) is 0.576. The van der Waals surface area contributed by atoms with Crippen LogP contribution in [0.3, 0.4) is 0 Å². The highest BCUT2D eigenvalue weighted by atomic mass is 35.5. The Balaban J connectivity index is 1.52. The van der Waals surface area contributed by atoms with E-state index in [-0.39, 0.29) is 6.04 Å². The Kier molecular flexibility index (Phi) is 7.05. The second-order valence-corrected chi connectivity index (χ2v) is 8.29. The smallest absolute Gasteiger partial charge is 0.313 e. The number of ether oxygens (including phenoxy) is 1. The van der Waals surface area contributed by atoms with E-state index in [9.17, 15) is 9.59 Å². The Bertz CT molecular complexity index is 1120. The lowest BCUT2D eigenvalue weighted by Crippen LogP contribution is -2.45. The van der Waals surface area contributed by atoms with Gasteiger partial charge in [0.1, 0.15) is 0 Å². The molecule has 32 heavy (non-hydrogen) atoms. The van der Waals surface area contributed by atoms with E-state index < -0.39 is 11.8 Å². The highest BCUT2D eigenvalue weighted by Crippen LogP contribution is 2.29. The van der Waals surface area contributed by atoms with E-state index in [2.05, 4.69) is 39.8 Å². The van der Waals surface area contributed by atoms with Gasteiger partial charge >= 0.3 is 11.8 Å². The largest absolute Gasteiger partial charge is 0.379 e. The third-order valence-corrected chi connectivity index (χ3v) is 6.01. The van der Waals surface area contributed by atoms with Crippen LogP contribution in [-0.4, -0.2) is 49.6 Å². The van der Waals surface area contributed by atoms with E-state index >= 15 is 0 Å². The van der Waals surface area contributed by atoms with Crippen LogP contribution < -0.4 is 10.6 Å². The van der Waals surface area contributed by atoms with Gasteiger partial charge in [0.25, 0.3) is 0 Å². The summed E-state index contributed by atoms with van der Waals surface area (Å²) < 4.78 is 5.52. The first-order chi connectivity index (χ1) is 15.5. The molecule has 2 N–H and O–H groups in total. The lowest BCUT2D eigenvalue weighted by atomic mass is 9.97. The van der Waals surface area contributed by atoms with E-state index in [0.29, 0.717) is 30.5 Å². The number of aryl methyl sites for hydroxylation is 1. The molecule has 7 heteroatoms. The molecule has 0 spiro atoms. The second-order valence-electron chi connectivity index (χ2n) is 7.86. The number of nitrogens with zero attached hydrogens (tertiary/aromatic N) is 1. The Labute approximate surface area is 192 Å². The average molecular weight is 452 g/mol. The van der Waals surface area contributed by atoms with E-state index in [4.69, 9.17) is 16.3 Å². The maximum absolute atomic E-state index is 12.6. The molecule has 0 unspecified atom stereocenters. The molecule has 1 saturated heterocycles. The van der Waals surface area contributed by atoms with Crippen LogP contribution in [0.15, 0.2) is 60.7 Å². The summed E-state index contributed by atoms with van der Waals surface area (Å²) in [5.41, 5.74) is 2.48. The molecule has 1 atom stereocenters. The molecule has 166 valence electrons. The Morgan fingerprint density at radius 1 is 1.03 bits per heavy atom.